The van der Waals surface area contributed by atoms with Gasteiger partial charge in [-0.1, -0.05) is 6.07 Å². The van der Waals surface area contributed by atoms with Crippen LogP contribution < -0.4 is 9.86 Å². The molecule has 0 aliphatic rings. The van der Waals surface area contributed by atoms with Gasteiger partial charge in [0.25, 0.3) is 0 Å². The molecule has 0 bridgehead atoms. The third-order valence-electron chi connectivity index (χ3n) is 2.23. The van der Waals surface area contributed by atoms with Crippen molar-refractivity contribution in [2.45, 2.75) is 22.6 Å². The SMILES string of the molecule is C#CCCCNS(=O)(=O)c1cccc(S(N)(=O)=O)c1. The molecule has 0 fully saturated rings. The highest BCUT2D eigenvalue weighted by Gasteiger charge is 2.16. The van der Waals surface area contributed by atoms with Gasteiger partial charge < -0.3 is 0 Å². The van der Waals surface area contributed by atoms with Crippen molar-refractivity contribution in [1.82, 2.24) is 4.72 Å². The average molecular weight is 302 g/mol. The lowest BCUT2D eigenvalue weighted by Gasteiger charge is -2.07. The first-order valence-electron chi connectivity index (χ1n) is 5.33. The van der Waals surface area contributed by atoms with E-state index in [9.17, 15) is 16.8 Å². The number of benzene rings is 1. The van der Waals surface area contributed by atoms with Gasteiger partial charge >= 0.3 is 0 Å². The molecule has 0 heterocycles. The van der Waals surface area contributed by atoms with Crippen molar-refractivity contribution in [3.05, 3.63) is 24.3 Å². The van der Waals surface area contributed by atoms with Crippen LogP contribution in [0.5, 0.6) is 0 Å². The molecule has 19 heavy (non-hydrogen) atoms. The Kier molecular flexibility index (Phi) is 5.08. The Bertz CT molecular complexity index is 688. The number of hydrogen-bond acceptors (Lipinski definition) is 4. The minimum absolute atomic E-state index is 0.153. The van der Waals surface area contributed by atoms with E-state index in [0.717, 1.165) is 6.07 Å². The van der Waals surface area contributed by atoms with Gasteiger partial charge in [0.1, 0.15) is 0 Å². The second-order valence-electron chi connectivity index (χ2n) is 3.73. The maximum absolute atomic E-state index is 11.9. The van der Waals surface area contributed by atoms with E-state index in [2.05, 4.69) is 10.6 Å². The fourth-order valence-electron chi connectivity index (χ4n) is 1.30. The topological polar surface area (TPSA) is 106 Å². The number of nitrogens with two attached hydrogens (primary N) is 1. The summed E-state index contributed by atoms with van der Waals surface area (Å²) in [5, 5.41) is 4.94. The number of sulfonamides is 2. The highest BCUT2D eigenvalue weighted by molar-refractivity contribution is 7.90. The normalized spacial score (nSPS) is 12.0. The lowest BCUT2D eigenvalue weighted by atomic mass is 10.3. The van der Waals surface area contributed by atoms with Crippen LogP contribution in [0.25, 0.3) is 0 Å². The molecule has 0 aromatic heterocycles. The minimum atomic E-state index is -3.93. The molecule has 0 atom stereocenters. The van der Waals surface area contributed by atoms with Gasteiger partial charge in [-0.05, 0) is 24.6 Å². The summed E-state index contributed by atoms with van der Waals surface area (Å²) in [5.74, 6) is 2.39. The maximum Gasteiger partial charge on any atom is 0.240 e. The Balaban J connectivity index is 2.94. The molecule has 1 aromatic carbocycles. The maximum atomic E-state index is 11.9. The Labute approximate surface area is 113 Å². The fraction of sp³-hybridized carbons (Fsp3) is 0.273. The van der Waals surface area contributed by atoms with E-state index in [-0.39, 0.29) is 16.3 Å². The Morgan fingerprint density at radius 2 is 1.84 bits per heavy atom. The summed E-state index contributed by atoms with van der Waals surface area (Å²) in [4.78, 5) is -0.404. The Morgan fingerprint density at radius 1 is 1.21 bits per heavy atom. The second kappa shape index (κ2) is 6.16. The molecule has 0 unspecified atom stereocenters. The van der Waals surface area contributed by atoms with E-state index < -0.39 is 20.0 Å². The van der Waals surface area contributed by atoms with Crippen molar-refractivity contribution in [3.8, 4) is 12.3 Å². The van der Waals surface area contributed by atoms with Gasteiger partial charge in [-0.3, -0.25) is 0 Å². The van der Waals surface area contributed by atoms with E-state index in [1.165, 1.54) is 18.2 Å². The molecule has 0 aliphatic carbocycles. The lowest BCUT2D eigenvalue weighted by molar-refractivity contribution is 0.579. The van der Waals surface area contributed by atoms with Crippen LogP contribution in [0.15, 0.2) is 34.1 Å². The largest absolute Gasteiger partial charge is 0.240 e. The highest BCUT2D eigenvalue weighted by Crippen LogP contribution is 2.14. The number of terminal acetylenes is 1. The van der Waals surface area contributed by atoms with Crippen LogP contribution in [0.4, 0.5) is 0 Å². The van der Waals surface area contributed by atoms with Crippen molar-refractivity contribution in [3.63, 3.8) is 0 Å². The number of primary sulfonamides is 1. The number of unbranched alkanes of at least 4 members (excludes halogenated alkanes) is 1. The van der Waals surface area contributed by atoms with Gasteiger partial charge in [0, 0.05) is 13.0 Å². The van der Waals surface area contributed by atoms with Crippen LogP contribution in [0, 0.1) is 12.3 Å². The first kappa shape index (κ1) is 15.7. The average Bonchev–Trinajstić information content (AvgIpc) is 2.34. The van der Waals surface area contributed by atoms with Crippen molar-refractivity contribution in [1.29, 1.82) is 0 Å². The third kappa shape index (κ3) is 4.65. The predicted molar refractivity (Wildman–Crippen MR) is 71.1 cm³/mol. The van der Waals surface area contributed by atoms with Gasteiger partial charge in [0.2, 0.25) is 20.0 Å². The van der Waals surface area contributed by atoms with Crippen molar-refractivity contribution < 1.29 is 16.8 Å². The van der Waals surface area contributed by atoms with Gasteiger partial charge in [0.05, 0.1) is 9.79 Å². The summed E-state index contributed by atoms with van der Waals surface area (Å²) in [7, 11) is -7.70. The summed E-state index contributed by atoms with van der Waals surface area (Å²) in [6.07, 6.45) is 6.01. The second-order valence-corrected chi connectivity index (χ2v) is 7.05. The molecule has 0 aliphatic heterocycles. The fourth-order valence-corrected chi connectivity index (χ4v) is 3.05. The molecule has 1 rings (SSSR count). The van der Waals surface area contributed by atoms with Crippen LogP contribution >= 0.6 is 0 Å². The number of rotatable bonds is 6. The van der Waals surface area contributed by atoms with E-state index in [4.69, 9.17) is 11.6 Å². The molecular formula is C11H14N2O4S2. The smallest absolute Gasteiger partial charge is 0.225 e. The van der Waals surface area contributed by atoms with Crippen LogP contribution in [0.3, 0.4) is 0 Å². The Hall–Kier alpha value is -1.40. The van der Waals surface area contributed by atoms with Gasteiger partial charge in [-0.15, -0.1) is 12.3 Å². The Morgan fingerprint density at radius 3 is 2.42 bits per heavy atom. The highest BCUT2D eigenvalue weighted by atomic mass is 32.2. The molecule has 6 nitrogen and oxygen atoms in total. The van der Waals surface area contributed by atoms with Crippen LogP contribution in [0.1, 0.15) is 12.8 Å². The summed E-state index contributed by atoms with van der Waals surface area (Å²) in [5.41, 5.74) is 0. The van der Waals surface area contributed by atoms with Crippen LogP contribution in [-0.4, -0.2) is 23.4 Å². The third-order valence-corrected chi connectivity index (χ3v) is 4.60. The first-order valence-corrected chi connectivity index (χ1v) is 8.36. The molecular weight excluding hydrogens is 288 g/mol. The monoisotopic (exact) mass is 302 g/mol. The molecule has 0 amide bonds. The molecule has 0 spiro atoms. The quantitative estimate of drug-likeness (QED) is 0.571. The van der Waals surface area contributed by atoms with Crippen LogP contribution in [-0.2, 0) is 20.0 Å². The molecule has 1 aromatic rings. The van der Waals surface area contributed by atoms with E-state index >= 15 is 0 Å². The van der Waals surface area contributed by atoms with Gasteiger partial charge in [0.15, 0.2) is 0 Å². The molecule has 0 saturated carbocycles. The zero-order valence-corrected chi connectivity index (χ0v) is 11.7. The van der Waals surface area contributed by atoms with E-state index in [1.54, 1.807) is 0 Å². The van der Waals surface area contributed by atoms with E-state index in [0.29, 0.717) is 12.8 Å². The zero-order valence-electron chi connectivity index (χ0n) is 10.0. The molecule has 0 radical (unpaired) electrons. The summed E-state index contributed by atoms with van der Waals surface area (Å²) >= 11 is 0. The molecule has 104 valence electrons. The summed E-state index contributed by atoms with van der Waals surface area (Å²) in [6, 6.07) is 4.85. The zero-order chi connectivity index (χ0) is 14.5. The number of nitrogens with one attached hydrogen (secondary N) is 1. The van der Waals surface area contributed by atoms with Crippen molar-refractivity contribution >= 4 is 20.0 Å². The van der Waals surface area contributed by atoms with Gasteiger partial charge in [-0.25, -0.2) is 26.7 Å². The molecule has 8 heteroatoms. The van der Waals surface area contributed by atoms with Crippen LogP contribution in [0.2, 0.25) is 0 Å². The predicted octanol–water partition coefficient (Wildman–Crippen LogP) is 0.0257. The lowest BCUT2D eigenvalue weighted by Crippen LogP contribution is -2.25. The standard InChI is InChI=1S/C11H14N2O4S2/c1-2-3-4-8-13-19(16,17)11-7-5-6-10(9-11)18(12,14)15/h1,5-7,9,13H,3-4,8H2,(H2,12,14,15). The first-order chi connectivity index (χ1) is 8.77. The van der Waals surface area contributed by atoms with Crippen molar-refractivity contribution in [2.24, 2.45) is 5.14 Å². The summed E-state index contributed by atoms with van der Waals surface area (Å²) < 4.78 is 48.4. The van der Waals surface area contributed by atoms with Gasteiger partial charge in [-0.2, -0.15) is 0 Å². The molecule has 3 N–H and O–H groups in total. The minimum Gasteiger partial charge on any atom is -0.225 e. The van der Waals surface area contributed by atoms with E-state index in [1.807, 2.05) is 0 Å². The number of hydrogen-bond donors (Lipinski definition) is 2. The van der Waals surface area contributed by atoms with Crippen molar-refractivity contribution in [2.75, 3.05) is 6.54 Å². The summed E-state index contributed by atoms with van der Waals surface area (Å²) in [6.45, 7) is 0.187. The molecule has 0 saturated heterocycles.